The number of fused-ring (bicyclic) bond motifs is 3. The predicted octanol–water partition coefficient (Wildman–Crippen LogP) is 2.91. The van der Waals surface area contributed by atoms with E-state index in [0.717, 1.165) is 34.6 Å². The van der Waals surface area contributed by atoms with Gasteiger partial charge in [0, 0.05) is 16.9 Å². The van der Waals surface area contributed by atoms with Crippen LogP contribution in [0.1, 0.15) is 41.3 Å². The number of benzene rings is 1. The van der Waals surface area contributed by atoms with E-state index in [0.29, 0.717) is 34.2 Å². The number of nitriles is 1. The second kappa shape index (κ2) is 7.64. The highest BCUT2D eigenvalue weighted by Crippen LogP contribution is 2.41. The van der Waals surface area contributed by atoms with Crippen molar-refractivity contribution in [2.45, 2.75) is 38.1 Å². The number of thiophene rings is 1. The molecule has 0 saturated carbocycles. The molecule has 1 fully saturated rings. The number of carbonyl (C=O) groups excluding carboxylic acids is 3. The van der Waals surface area contributed by atoms with E-state index in [2.05, 4.69) is 23.6 Å². The lowest BCUT2D eigenvalue weighted by Gasteiger charge is -2.33. The molecule has 2 aromatic rings. The van der Waals surface area contributed by atoms with Gasteiger partial charge in [-0.1, -0.05) is 25.1 Å². The van der Waals surface area contributed by atoms with Crippen LogP contribution >= 0.6 is 11.3 Å². The molecule has 2 atom stereocenters. The Kier molecular flexibility index (Phi) is 4.90. The van der Waals surface area contributed by atoms with Gasteiger partial charge >= 0.3 is 6.03 Å². The number of rotatable bonds is 3. The molecule has 0 radical (unpaired) electrons. The van der Waals surface area contributed by atoms with Gasteiger partial charge < -0.3 is 15.4 Å². The molecule has 5 rings (SSSR count). The molecule has 1 aromatic heterocycles. The van der Waals surface area contributed by atoms with Crippen molar-refractivity contribution < 1.29 is 19.1 Å². The lowest BCUT2D eigenvalue weighted by atomic mass is 9.84. The zero-order valence-corrected chi connectivity index (χ0v) is 18.4. The van der Waals surface area contributed by atoms with Crippen LogP contribution < -0.4 is 15.4 Å². The second-order valence-electron chi connectivity index (χ2n) is 8.54. The average Bonchev–Trinajstić information content (AvgIpc) is 3.23. The number of carbonyl (C=O) groups is 3. The summed E-state index contributed by atoms with van der Waals surface area (Å²) in [6, 6.07) is 8.71. The number of nitrogens with zero attached hydrogens (tertiary/aromatic N) is 2. The van der Waals surface area contributed by atoms with E-state index in [4.69, 9.17) is 4.74 Å². The molecule has 164 valence electrons. The molecule has 1 saturated heterocycles. The first-order chi connectivity index (χ1) is 15.4. The van der Waals surface area contributed by atoms with Crippen LogP contribution in [-0.4, -0.2) is 35.9 Å². The number of para-hydroxylation sites is 1. The van der Waals surface area contributed by atoms with E-state index in [1.165, 1.54) is 11.3 Å². The van der Waals surface area contributed by atoms with Crippen molar-refractivity contribution >= 4 is 34.2 Å². The smallest absolute Gasteiger partial charge is 0.325 e. The van der Waals surface area contributed by atoms with Crippen molar-refractivity contribution in [2.24, 2.45) is 5.92 Å². The van der Waals surface area contributed by atoms with E-state index >= 15 is 0 Å². The molecule has 1 aliphatic carbocycles. The van der Waals surface area contributed by atoms with E-state index in [-0.39, 0.29) is 6.61 Å². The maximum absolute atomic E-state index is 13.3. The van der Waals surface area contributed by atoms with Gasteiger partial charge in [-0.25, -0.2) is 4.79 Å². The Labute approximate surface area is 189 Å². The Hall–Kier alpha value is -3.38. The predicted molar refractivity (Wildman–Crippen MR) is 117 cm³/mol. The Morgan fingerprint density at radius 1 is 1.41 bits per heavy atom. The second-order valence-corrected chi connectivity index (χ2v) is 9.64. The first-order valence-electron chi connectivity index (χ1n) is 10.6. The standard InChI is InChI=1S/C23H22N4O4S/c1-13-6-7-14-15(11-24)20(32-18(14)10-13)25-19(28)12-27-21(29)23(26-22(27)30)8-9-31-17-5-3-2-4-16(17)23/h2-5,13H,6-10,12H2,1H3,(H,25,28)(H,26,30)/t13-,23+/m0/s1. The molecule has 4 amide bonds. The van der Waals surface area contributed by atoms with Crippen LogP contribution in [0.25, 0.3) is 0 Å². The van der Waals surface area contributed by atoms with Gasteiger partial charge in [-0.15, -0.1) is 11.3 Å². The molecule has 1 spiro atoms. The molecule has 0 unspecified atom stereocenters. The fraction of sp³-hybridized carbons (Fsp3) is 0.391. The van der Waals surface area contributed by atoms with Gasteiger partial charge in [-0.3, -0.25) is 14.5 Å². The molecule has 2 aliphatic heterocycles. The van der Waals surface area contributed by atoms with Crippen molar-refractivity contribution in [3.63, 3.8) is 0 Å². The van der Waals surface area contributed by atoms with Crippen LogP contribution in [0.15, 0.2) is 24.3 Å². The van der Waals surface area contributed by atoms with E-state index in [1.807, 2.05) is 0 Å². The average molecular weight is 451 g/mol. The highest BCUT2D eigenvalue weighted by atomic mass is 32.1. The molecular weight excluding hydrogens is 428 g/mol. The number of hydrogen-bond acceptors (Lipinski definition) is 6. The maximum Gasteiger partial charge on any atom is 0.325 e. The zero-order valence-electron chi connectivity index (χ0n) is 17.6. The van der Waals surface area contributed by atoms with Gasteiger partial charge in [0.2, 0.25) is 5.91 Å². The van der Waals surface area contributed by atoms with E-state index in [9.17, 15) is 19.6 Å². The number of nitrogens with one attached hydrogen (secondary N) is 2. The normalized spacial score (nSPS) is 23.8. The SMILES string of the molecule is C[C@H]1CCc2c(sc(NC(=O)CN3C(=O)N[C@@]4(CCOc5ccccc54)C3=O)c2C#N)C1. The largest absolute Gasteiger partial charge is 0.493 e. The minimum absolute atomic E-state index is 0.285. The van der Waals surface area contributed by atoms with Gasteiger partial charge in [0.15, 0.2) is 5.54 Å². The molecule has 32 heavy (non-hydrogen) atoms. The van der Waals surface area contributed by atoms with Crippen molar-refractivity contribution in [1.29, 1.82) is 5.26 Å². The van der Waals surface area contributed by atoms with E-state index in [1.54, 1.807) is 24.3 Å². The van der Waals surface area contributed by atoms with Gasteiger partial charge in [0.05, 0.1) is 12.2 Å². The minimum Gasteiger partial charge on any atom is -0.493 e. The summed E-state index contributed by atoms with van der Waals surface area (Å²) >= 11 is 1.42. The Balaban J connectivity index is 1.36. The molecule has 9 heteroatoms. The highest BCUT2D eigenvalue weighted by Gasteiger charge is 2.55. The summed E-state index contributed by atoms with van der Waals surface area (Å²) in [7, 11) is 0. The summed E-state index contributed by atoms with van der Waals surface area (Å²) in [4.78, 5) is 40.9. The minimum atomic E-state index is -1.22. The third kappa shape index (κ3) is 3.14. The van der Waals surface area contributed by atoms with Crippen molar-refractivity contribution in [3.05, 3.63) is 45.8 Å². The lowest BCUT2D eigenvalue weighted by Crippen LogP contribution is -2.48. The zero-order chi connectivity index (χ0) is 22.5. The van der Waals surface area contributed by atoms with Crippen molar-refractivity contribution in [3.8, 4) is 11.8 Å². The van der Waals surface area contributed by atoms with Gasteiger partial charge in [-0.05, 0) is 36.8 Å². The van der Waals surface area contributed by atoms with Gasteiger partial charge in [0.25, 0.3) is 5.91 Å². The van der Waals surface area contributed by atoms with Gasteiger partial charge in [0.1, 0.15) is 23.4 Å². The summed E-state index contributed by atoms with van der Waals surface area (Å²) < 4.78 is 5.63. The molecule has 3 aliphatic rings. The Morgan fingerprint density at radius 2 is 2.22 bits per heavy atom. The number of urea groups is 1. The lowest BCUT2D eigenvalue weighted by molar-refractivity contribution is -0.135. The molecule has 1 aromatic carbocycles. The summed E-state index contributed by atoms with van der Waals surface area (Å²) in [5.41, 5.74) is 0.887. The van der Waals surface area contributed by atoms with Crippen LogP contribution in [-0.2, 0) is 28.0 Å². The third-order valence-electron chi connectivity index (χ3n) is 6.44. The van der Waals surface area contributed by atoms with E-state index < -0.39 is 29.9 Å². The highest BCUT2D eigenvalue weighted by molar-refractivity contribution is 7.16. The van der Waals surface area contributed by atoms with Crippen LogP contribution in [0.5, 0.6) is 5.75 Å². The Morgan fingerprint density at radius 3 is 3.03 bits per heavy atom. The van der Waals surface area contributed by atoms with Crippen LogP contribution in [0.4, 0.5) is 9.80 Å². The summed E-state index contributed by atoms with van der Waals surface area (Å²) in [5, 5.41) is 15.7. The van der Waals surface area contributed by atoms with Crippen LogP contribution in [0, 0.1) is 17.2 Å². The number of ether oxygens (including phenoxy) is 1. The Bertz CT molecular complexity index is 1180. The number of imide groups is 1. The van der Waals surface area contributed by atoms with Crippen molar-refractivity contribution in [2.75, 3.05) is 18.5 Å². The fourth-order valence-corrected chi connectivity index (χ4v) is 6.16. The van der Waals surface area contributed by atoms with Crippen LogP contribution in [0.2, 0.25) is 0 Å². The number of anilines is 1. The fourth-order valence-electron chi connectivity index (χ4n) is 4.78. The monoisotopic (exact) mass is 450 g/mol. The molecular formula is C23H22N4O4S. The third-order valence-corrected chi connectivity index (χ3v) is 7.61. The quantitative estimate of drug-likeness (QED) is 0.699. The first kappa shape index (κ1) is 20.5. The summed E-state index contributed by atoms with van der Waals surface area (Å²) in [6.45, 7) is 2.04. The van der Waals surface area contributed by atoms with Crippen molar-refractivity contribution in [1.82, 2.24) is 10.2 Å². The molecule has 2 N–H and O–H groups in total. The molecule has 8 nitrogen and oxygen atoms in total. The number of amides is 4. The summed E-state index contributed by atoms with van der Waals surface area (Å²) in [5.74, 6) is 0.124. The maximum atomic E-state index is 13.3. The number of hydrogen-bond donors (Lipinski definition) is 2. The van der Waals surface area contributed by atoms with Gasteiger partial charge in [-0.2, -0.15) is 5.26 Å². The summed E-state index contributed by atoms with van der Waals surface area (Å²) in [6.07, 6.45) is 3.02. The molecule has 3 heterocycles. The molecule has 0 bridgehead atoms. The topological polar surface area (TPSA) is 112 Å². The first-order valence-corrected chi connectivity index (χ1v) is 11.5. The van der Waals surface area contributed by atoms with Crippen LogP contribution in [0.3, 0.4) is 0 Å².